The average molecular weight is 408 g/mol. The minimum absolute atomic E-state index is 0. The molecule has 2 aromatic rings. The second-order valence-corrected chi connectivity index (χ2v) is 6.97. The van der Waals surface area contributed by atoms with E-state index in [4.69, 9.17) is 9.47 Å². The number of carbonyl (C=O) groups is 1. The summed E-state index contributed by atoms with van der Waals surface area (Å²) >= 11 is 0. The van der Waals surface area contributed by atoms with Crippen LogP contribution >= 0.6 is 12.4 Å². The van der Waals surface area contributed by atoms with E-state index in [0.29, 0.717) is 36.1 Å². The molecule has 8 nitrogen and oxygen atoms in total. The van der Waals surface area contributed by atoms with Gasteiger partial charge in [-0.2, -0.15) is 0 Å². The maximum atomic E-state index is 12.9. The number of benzene rings is 1. The van der Waals surface area contributed by atoms with Crippen molar-refractivity contribution in [1.82, 2.24) is 25.0 Å². The Labute approximate surface area is 170 Å². The molecule has 0 radical (unpaired) electrons. The van der Waals surface area contributed by atoms with Gasteiger partial charge in [-0.25, -0.2) is 0 Å². The Kier molecular flexibility index (Phi) is 6.41. The first-order valence-electron chi connectivity index (χ1n) is 9.34. The number of carbonyl (C=O) groups excluding carboxylic acids is 1. The Morgan fingerprint density at radius 3 is 2.39 bits per heavy atom. The van der Waals surface area contributed by atoms with Crippen LogP contribution in [0.4, 0.5) is 0 Å². The zero-order chi connectivity index (χ0) is 18.8. The van der Waals surface area contributed by atoms with Crippen LogP contribution in [-0.4, -0.2) is 59.4 Å². The molecule has 1 N–H and O–H groups in total. The quantitative estimate of drug-likeness (QED) is 0.832. The van der Waals surface area contributed by atoms with Crippen molar-refractivity contribution in [1.29, 1.82) is 0 Å². The molecule has 1 amide bonds. The fourth-order valence-electron chi connectivity index (χ4n) is 3.87. The minimum atomic E-state index is 0. The number of aromatic nitrogens is 3. The first-order chi connectivity index (χ1) is 13.2. The van der Waals surface area contributed by atoms with Gasteiger partial charge in [0.25, 0.3) is 5.91 Å². The number of fused-ring (bicyclic) bond motifs is 1. The Morgan fingerprint density at radius 2 is 1.75 bits per heavy atom. The highest BCUT2D eigenvalue weighted by Gasteiger charge is 2.29. The maximum absolute atomic E-state index is 12.9. The zero-order valence-corrected chi connectivity index (χ0v) is 17.0. The Balaban J connectivity index is 0.00000225. The second-order valence-electron chi connectivity index (χ2n) is 6.97. The summed E-state index contributed by atoms with van der Waals surface area (Å²) in [7, 11) is 3.17. The molecular weight excluding hydrogens is 382 g/mol. The number of halogens is 1. The number of nitrogens with zero attached hydrogens (tertiary/aromatic N) is 4. The lowest BCUT2D eigenvalue weighted by atomic mass is 9.95. The minimum Gasteiger partial charge on any atom is -0.497 e. The second kappa shape index (κ2) is 8.79. The van der Waals surface area contributed by atoms with Crippen molar-refractivity contribution in [3.8, 4) is 11.5 Å². The van der Waals surface area contributed by atoms with E-state index in [0.717, 1.165) is 44.1 Å². The molecule has 1 aromatic carbocycles. The van der Waals surface area contributed by atoms with Gasteiger partial charge in [-0.1, -0.05) is 0 Å². The summed E-state index contributed by atoms with van der Waals surface area (Å²) in [5.74, 6) is 3.69. The Hall–Kier alpha value is -2.32. The van der Waals surface area contributed by atoms with Crippen molar-refractivity contribution < 1.29 is 14.3 Å². The van der Waals surface area contributed by atoms with Crippen molar-refractivity contribution in [2.45, 2.75) is 31.8 Å². The molecule has 0 saturated carbocycles. The molecule has 3 heterocycles. The average Bonchev–Trinajstić information content (AvgIpc) is 3.17. The van der Waals surface area contributed by atoms with Gasteiger partial charge in [0, 0.05) is 43.7 Å². The predicted molar refractivity (Wildman–Crippen MR) is 106 cm³/mol. The molecule has 0 spiro atoms. The van der Waals surface area contributed by atoms with Crippen LogP contribution in [-0.2, 0) is 13.1 Å². The van der Waals surface area contributed by atoms with Crippen LogP contribution in [0.15, 0.2) is 18.2 Å². The fraction of sp³-hybridized carbons (Fsp3) is 0.526. The largest absolute Gasteiger partial charge is 0.497 e. The van der Waals surface area contributed by atoms with E-state index in [1.165, 1.54) is 0 Å². The van der Waals surface area contributed by atoms with E-state index >= 15 is 0 Å². The third-order valence-corrected chi connectivity index (χ3v) is 5.40. The molecule has 0 atom stereocenters. The normalized spacial score (nSPS) is 16.9. The number of hydrogen-bond acceptors (Lipinski definition) is 6. The first-order valence-corrected chi connectivity index (χ1v) is 9.34. The summed E-state index contributed by atoms with van der Waals surface area (Å²) in [6.45, 7) is 4.07. The molecule has 28 heavy (non-hydrogen) atoms. The number of amides is 1. The molecule has 1 aromatic heterocycles. The van der Waals surface area contributed by atoms with Crippen molar-refractivity contribution in [3.05, 3.63) is 35.4 Å². The van der Waals surface area contributed by atoms with E-state index in [-0.39, 0.29) is 18.3 Å². The lowest BCUT2D eigenvalue weighted by Gasteiger charge is -2.32. The molecule has 0 bridgehead atoms. The predicted octanol–water partition coefficient (Wildman–Crippen LogP) is 1.84. The molecule has 2 aliphatic rings. The molecule has 0 aliphatic carbocycles. The molecule has 4 rings (SSSR count). The molecule has 2 aliphatic heterocycles. The highest BCUT2D eigenvalue weighted by Crippen LogP contribution is 2.30. The van der Waals surface area contributed by atoms with Gasteiger partial charge in [-0.3, -0.25) is 4.79 Å². The Bertz CT molecular complexity index is 811. The lowest BCUT2D eigenvalue weighted by molar-refractivity contribution is 0.0709. The Morgan fingerprint density at radius 1 is 1.07 bits per heavy atom. The van der Waals surface area contributed by atoms with Gasteiger partial charge in [-0.15, -0.1) is 22.6 Å². The van der Waals surface area contributed by atoms with Crippen molar-refractivity contribution in [2.24, 2.45) is 0 Å². The van der Waals surface area contributed by atoms with Crippen LogP contribution < -0.4 is 14.8 Å². The van der Waals surface area contributed by atoms with E-state index < -0.39 is 0 Å². The van der Waals surface area contributed by atoms with Crippen molar-refractivity contribution in [3.63, 3.8) is 0 Å². The first kappa shape index (κ1) is 20.4. The number of nitrogens with one attached hydrogen (secondary N) is 1. The standard InChI is InChI=1S/C19H25N5O3.ClH/c1-26-15-9-14(10-16(11-15)27-2)19(25)23-6-3-13(4-7-23)18-22-21-17-12-20-5-8-24(17)18;/h9-11,13,20H,3-8,12H2,1-2H3;1H. The summed E-state index contributed by atoms with van der Waals surface area (Å²) in [6, 6.07) is 5.30. The summed E-state index contributed by atoms with van der Waals surface area (Å²) in [5.41, 5.74) is 0.593. The van der Waals surface area contributed by atoms with Crippen LogP contribution in [0.1, 0.15) is 40.8 Å². The SMILES string of the molecule is COc1cc(OC)cc(C(=O)N2CCC(c3nnc4n3CCNC4)CC2)c1.Cl. The van der Waals surface area contributed by atoms with Crippen molar-refractivity contribution in [2.75, 3.05) is 33.9 Å². The molecular formula is C19H26ClN5O3. The molecule has 152 valence electrons. The number of ether oxygens (including phenoxy) is 2. The van der Waals surface area contributed by atoms with E-state index in [1.807, 2.05) is 4.90 Å². The molecule has 1 saturated heterocycles. The van der Waals surface area contributed by atoms with E-state index in [9.17, 15) is 4.79 Å². The third-order valence-electron chi connectivity index (χ3n) is 5.40. The van der Waals surface area contributed by atoms with Gasteiger partial charge in [-0.05, 0) is 25.0 Å². The maximum Gasteiger partial charge on any atom is 0.254 e. The molecule has 9 heteroatoms. The van der Waals surface area contributed by atoms with Gasteiger partial charge >= 0.3 is 0 Å². The topological polar surface area (TPSA) is 81.5 Å². The summed E-state index contributed by atoms with van der Waals surface area (Å²) in [5, 5.41) is 12.1. The zero-order valence-electron chi connectivity index (χ0n) is 16.2. The highest BCUT2D eigenvalue weighted by molar-refractivity contribution is 5.95. The van der Waals surface area contributed by atoms with Gasteiger partial charge in [0.15, 0.2) is 0 Å². The summed E-state index contributed by atoms with van der Waals surface area (Å²) in [4.78, 5) is 14.8. The molecule has 1 fully saturated rings. The smallest absolute Gasteiger partial charge is 0.254 e. The number of likely N-dealkylation sites (tertiary alicyclic amines) is 1. The van der Waals surface area contributed by atoms with Crippen LogP contribution in [0.25, 0.3) is 0 Å². The van der Waals surface area contributed by atoms with Crippen LogP contribution in [0, 0.1) is 0 Å². The van der Waals surface area contributed by atoms with Crippen LogP contribution in [0.3, 0.4) is 0 Å². The number of methoxy groups -OCH3 is 2. The lowest BCUT2D eigenvalue weighted by Crippen LogP contribution is -2.39. The van der Waals surface area contributed by atoms with E-state index in [2.05, 4.69) is 20.1 Å². The summed E-state index contributed by atoms with van der Waals surface area (Å²) < 4.78 is 12.8. The van der Waals surface area contributed by atoms with E-state index in [1.54, 1.807) is 32.4 Å². The number of piperidine rings is 1. The van der Waals surface area contributed by atoms with Gasteiger partial charge in [0.2, 0.25) is 0 Å². The molecule has 0 unspecified atom stereocenters. The number of hydrogen-bond donors (Lipinski definition) is 1. The third kappa shape index (κ3) is 3.93. The van der Waals surface area contributed by atoms with Gasteiger partial charge in [0.1, 0.15) is 23.1 Å². The van der Waals surface area contributed by atoms with Gasteiger partial charge in [0.05, 0.1) is 20.8 Å². The summed E-state index contributed by atoms with van der Waals surface area (Å²) in [6.07, 6.45) is 1.80. The van der Waals surface area contributed by atoms with Crippen LogP contribution in [0.2, 0.25) is 0 Å². The fourth-order valence-corrected chi connectivity index (χ4v) is 3.87. The monoisotopic (exact) mass is 407 g/mol. The van der Waals surface area contributed by atoms with Gasteiger partial charge < -0.3 is 24.3 Å². The van der Waals surface area contributed by atoms with Crippen LogP contribution in [0.5, 0.6) is 11.5 Å². The number of rotatable bonds is 4. The highest BCUT2D eigenvalue weighted by atomic mass is 35.5. The van der Waals surface area contributed by atoms with Crippen molar-refractivity contribution >= 4 is 18.3 Å².